The fourth-order valence-electron chi connectivity index (χ4n) is 4.89. The summed E-state index contributed by atoms with van der Waals surface area (Å²) in [7, 11) is 1.74. The lowest BCUT2D eigenvalue weighted by Gasteiger charge is -2.36. The van der Waals surface area contributed by atoms with E-state index in [1.807, 2.05) is 6.92 Å². The van der Waals surface area contributed by atoms with Gasteiger partial charge < -0.3 is 15.0 Å². The highest BCUT2D eigenvalue weighted by molar-refractivity contribution is 6.09. The quantitative estimate of drug-likeness (QED) is 0.556. The maximum Gasteiger partial charge on any atom is 0.326 e. The second kappa shape index (κ2) is 8.71. The molecule has 0 aromatic carbocycles. The van der Waals surface area contributed by atoms with Gasteiger partial charge in [-0.15, -0.1) is 0 Å². The summed E-state index contributed by atoms with van der Waals surface area (Å²) >= 11 is 0. The Morgan fingerprint density at radius 3 is 2.48 bits per heavy atom. The first kappa shape index (κ1) is 21.6. The Morgan fingerprint density at radius 1 is 1.14 bits per heavy atom. The SMILES string of the molecule is CC1CCC(N(C)C(=O)COC(=O)CN2C(=O)N[C@@]3(CCCC[C@@H]3C)C2=O)CC1. The van der Waals surface area contributed by atoms with E-state index in [1.165, 1.54) is 0 Å². The molecular formula is C21H33N3O5. The van der Waals surface area contributed by atoms with Crippen LogP contribution in [0.5, 0.6) is 0 Å². The standard InChI is InChI=1S/C21H33N3O5/c1-14-7-9-16(10-8-14)23(3)17(25)13-29-18(26)12-24-19(27)21(22-20(24)28)11-5-4-6-15(21)2/h14-16H,4-13H2,1-3H3,(H,22,28)/t14?,15-,16?,21+/m0/s1. The molecule has 3 fully saturated rings. The number of hydrogen-bond acceptors (Lipinski definition) is 5. The van der Waals surface area contributed by atoms with Gasteiger partial charge in [0.15, 0.2) is 6.61 Å². The highest BCUT2D eigenvalue weighted by Gasteiger charge is 2.55. The first-order chi connectivity index (χ1) is 13.7. The lowest BCUT2D eigenvalue weighted by Crippen LogP contribution is -2.54. The summed E-state index contributed by atoms with van der Waals surface area (Å²) in [6.07, 6.45) is 7.46. The predicted octanol–water partition coefficient (Wildman–Crippen LogP) is 2.07. The smallest absolute Gasteiger partial charge is 0.326 e. The Bertz CT molecular complexity index is 673. The normalized spacial score (nSPS) is 32.2. The van der Waals surface area contributed by atoms with Crippen molar-refractivity contribution in [3.05, 3.63) is 0 Å². The van der Waals surface area contributed by atoms with Crippen LogP contribution in [0, 0.1) is 11.8 Å². The van der Waals surface area contributed by atoms with Crippen molar-refractivity contribution in [2.45, 2.75) is 76.8 Å². The highest BCUT2D eigenvalue weighted by Crippen LogP contribution is 2.38. The third kappa shape index (κ3) is 4.41. The molecular weight excluding hydrogens is 374 g/mol. The average molecular weight is 408 g/mol. The number of ether oxygens (including phenoxy) is 1. The summed E-state index contributed by atoms with van der Waals surface area (Å²) in [6.45, 7) is 3.34. The number of urea groups is 1. The summed E-state index contributed by atoms with van der Waals surface area (Å²) in [5.41, 5.74) is -0.899. The largest absolute Gasteiger partial charge is 0.454 e. The maximum atomic E-state index is 12.9. The fraction of sp³-hybridized carbons (Fsp3) is 0.810. The van der Waals surface area contributed by atoms with Crippen molar-refractivity contribution in [2.24, 2.45) is 11.8 Å². The van der Waals surface area contributed by atoms with Gasteiger partial charge in [0, 0.05) is 13.1 Å². The van der Waals surface area contributed by atoms with Gasteiger partial charge in [-0.2, -0.15) is 0 Å². The van der Waals surface area contributed by atoms with Crippen LogP contribution in [0.25, 0.3) is 0 Å². The number of nitrogens with zero attached hydrogens (tertiary/aromatic N) is 2. The van der Waals surface area contributed by atoms with Crippen LogP contribution < -0.4 is 5.32 Å². The van der Waals surface area contributed by atoms with Crippen LogP contribution in [-0.2, 0) is 19.1 Å². The molecule has 1 N–H and O–H groups in total. The van der Waals surface area contributed by atoms with Crippen LogP contribution >= 0.6 is 0 Å². The first-order valence-corrected chi connectivity index (χ1v) is 10.8. The molecule has 3 rings (SSSR count). The van der Waals surface area contributed by atoms with E-state index in [9.17, 15) is 19.2 Å². The fourth-order valence-corrected chi connectivity index (χ4v) is 4.89. The minimum absolute atomic E-state index is 0.0298. The zero-order valence-electron chi connectivity index (χ0n) is 17.7. The minimum Gasteiger partial charge on any atom is -0.454 e. The van der Waals surface area contributed by atoms with E-state index in [4.69, 9.17) is 4.74 Å². The molecule has 0 radical (unpaired) electrons. The molecule has 2 atom stereocenters. The molecule has 2 saturated carbocycles. The van der Waals surface area contributed by atoms with Gasteiger partial charge in [-0.05, 0) is 50.4 Å². The summed E-state index contributed by atoms with van der Waals surface area (Å²) in [5, 5.41) is 2.81. The third-order valence-corrected chi connectivity index (χ3v) is 7.07. The van der Waals surface area contributed by atoms with E-state index in [1.54, 1.807) is 11.9 Å². The summed E-state index contributed by atoms with van der Waals surface area (Å²) in [4.78, 5) is 52.4. The molecule has 29 heavy (non-hydrogen) atoms. The van der Waals surface area contributed by atoms with Crippen LogP contribution in [0.15, 0.2) is 0 Å². The Labute approximate surface area is 172 Å². The minimum atomic E-state index is -0.899. The van der Waals surface area contributed by atoms with Gasteiger partial charge in [0.25, 0.3) is 11.8 Å². The molecule has 162 valence electrons. The number of carbonyl (C=O) groups excluding carboxylic acids is 4. The molecule has 0 aromatic rings. The van der Waals surface area contributed by atoms with Crippen LogP contribution in [0.2, 0.25) is 0 Å². The van der Waals surface area contributed by atoms with E-state index in [-0.39, 0.29) is 30.4 Å². The lowest BCUT2D eigenvalue weighted by molar-refractivity contribution is -0.154. The van der Waals surface area contributed by atoms with Gasteiger partial charge in [-0.3, -0.25) is 19.3 Å². The molecule has 1 saturated heterocycles. The van der Waals surface area contributed by atoms with Gasteiger partial charge in [-0.1, -0.05) is 26.7 Å². The maximum absolute atomic E-state index is 12.9. The van der Waals surface area contributed by atoms with Crippen LogP contribution in [0.3, 0.4) is 0 Å². The number of hydrogen-bond donors (Lipinski definition) is 1. The van der Waals surface area contributed by atoms with Crippen LogP contribution in [0.1, 0.15) is 65.2 Å². The average Bonchev–Trinajstić information content (AvgIpc) is 2.93. The van der Waals surface area contributed by atoms with Gasteiger partial charge in [0.1, 0.15) is 12.1 Å². The van der Waals surface area contributed by atoms with Crippen LogP contribution in [0.4, 0.5) is 4.79 Å². The molecule has 1 spiro atoms. The molecule has 1 heterocycles. The number of imide groups is 1. The van der Waals surface area contributed by atoms with Gasteiger partial charge in [0.2, 0.25) is 0 Å². The third-order valence-electron chi connectivity index (χ3n) is 7.07. The Kier molecular flexibility index (Phi) is 6.49. The summed E-state index contributed by atoms with van der Waals surface area (Å²) < 4.78 is 5.09. The second-order valence-electron chi connectivity index (χ2n) is 9.02. The number of amides is 4. The second-order valence-corrected chi connectivity index (χ2v) is 9.02. The van der Waals surface area contributed by atoms with Crippen molar-refractivity contribution in [1.82, 2.24) is 15.1 Å². The lowest BCUT2D eigenvalue weighted by atomic mass is 9.73. The van der Waals surface area contributed by atoms with E-state index < -0.39 is 24.1 Å². The molecule has 0 aromatic heterocycles. The number of likely N-dealkylation sites (N-methyl/N-ethyl adjacent to an activating group) is 1. The molecule has 0 unspecified atom stereocenters. The molecule has 3 aliphatic rings. The molecule has 0 bridgehead atoms. The first-order valence-electron chi connectivity index (χ1n) is 10.8. The molecule has 4 amide bonds. The van der Waals surface area contributed by atoms with E-state index >= 15 is 0 Å². The number of esters is 1. The monoisotopic (exact) mass is 407 g/mol. The number of rotatable bonds is 5. The number of carbonyl (C=O) groups is 4. The summed E-state index contributed by atoms with van der Waals surface area (Å²) in [5.74, 6) is -0.638. The van der Waals surface area contributed by atoms with E-state index in [0.717, 1.165) is 49.8 Å². The topological polar surface area (TPSA) is 96.0 Å². The van der Waals surface area contributed by atoms with Crippen molar-refractivity contribution in [1.29, 1.82) is 0 Å². The van der Waals surface area contributed by atoms with Crippen molar-refractivity contribution >= 4 is 23.8 Å². The van der Waals surface area contributed by atoms with Gasteiger partial charge in [0.05, 0.1) is 0 Å². The predicted molar refractivity (Wildman–Crippen MR) is 106 cm³/mol. The zero-order chi connectivity index (χ0) is 21.2. The van der Waals surface area contributed by atoms with E-state index in [0.29, 0.717) is 12.3 Å². The van der Waals surface area contributed by atoms with Crippen molar-refractivity contribution in [3.63, 3.8) is 0 Å². The highest BCUT2D eigenvalue weighted by atomic mass is 16.5. The zero-order valence-corrected chi connectivity index (χ0v) is 17.7. The summed E-state index contributed by atoms with van der Waals surface area (Å²) in [6, 6.07) is -0.378. The molecule has 8 heteroatoms. The van der Waals surface area contributed by atoms with Crippen molar-refractivity contribution in [2.75, 3.05) is 20.2 Å². The molecule has 8 nitrogen and oxygen atoms in total. The van der Waals surface area contributed by atoms with Gasteiger partial charge >= 0.3 is 12.0 Å². The molecule has 1 aliphatic heterocycles. The Hall–Kier alpha value is -2.12. The van der Waals surface area contributed by atoms with Crippen molar-refractivity contribution in [3.8, 4) is 0 Å². The van der Waals surface area contributed by atoms with Crippen LogP contribution in [-0.4, -0.2) is 65.4 Å². The van der Waals surface area contributed by atoms with E-state index in [2.05, 4.69) is 12.2 Å². The van der Waals surface area contributed by atoms with Crippen molar-refractivity contribution < 1.29 is 23.9 Å². The number of nitrogens with one attached hydrogen (secondary N) is 1. The van der Waals surface area contributed by atoms with Gasteiger partial charge in [-0.25, -0.2) is 4.79 Å². The molecule has 2 aliphatic carbocycles. The Balaban J connectivity index is 1.49. The Morgan fingerprint density at radius 2 is 1.83 bits per heavy atom.